The number of nitrogens with zero attached hydrogens (tertiary/aromatic N) is 1. The third-order valence-electron chi connectivity index (χ3n) is 4.21. The number of carbonyl (C=O) groups excluding carboxylic acids is 1. The fraction of sp³-hybridized carbons (Fsp3) is 0.316. The second-order valence-electron chi connectivity index (χ2n) is 5.88. The van der Waals surface area contributed by atoms with Gasteiger partial charge < -0.3 is 9.88 Å². The molecule has 1 aromatic carbocycles. The van der Waals surface area contributed by atoms with E-state index < -0.39 is 0 Å². The quantitative estimate of drug-likeness (QED) is 0.720. The summed E-state index contributed by atoms with van der Waals surface area (Å²) in [7, 11) is 2.06. The van der Waals surface area contributed by atoms with Crippen LogP contribution in [0.25, 0.3) is 10.9 Å². The van der Waals surface area contributed by atoms with Crippen LogP contribution in [0.3, 0.4) is 0 Å². The van der Waals surface area contributed by atoms with Crippen LogP contribution in [0.2, 0.25) is 0 Å². The Morgan fingerprint density at radius 1 is 1.30 bits per heavy atom. The van der Waals surface area contributed by atoms with Crippen molar-refractivity contribution in [3.63, 3.8) is 0 Å². The highest BCUT2D eigenvalue weighted by Gasteiger charge is 2.22. The smallest absolute Gasteiger partial charge is 0.220 e. The maximum Gasteiger partial charge on any atom is 0.220 e. The molecule has 0 saturated carbocycles. The Kier molecular flexibility index (Phi) is 4.82. The Morgan fingerprint density at radius 3 is 2.87 bits per heavy atom. The van der Waals surface area contributed by atoms with Crippen molar-refractivity contribution in [2.75, 3.05) is 6.54 Å². The van der Waals surface area contributed by atoms with E-state index in [4.69, 9.17) is 0 Å². The van der Waals surface area contributed by atoms with Crippen LogP contribution in [-0.2, 0) is 11.8 Å². The Morgan fingerprint density at radius 2 is 2.13 bits per heavy atom. The van der Waals surface area contributed by atoms with Crippen molar-refractivity contribution < 1.29 is 4.79 Å². The van der Waals surface area contributed by atoms with Gasteiger partial charge in [0.25, 0.3) is 0 Å². The Balaban J connectivity index is 1.99. The first-order valence-corrected chi connectivity index (χ1v) is 8.97. The van der Waals surface area contributed by atoms with E-state index in [1.165, 1.54) is 22.0 Å². The van der Waals surface area contributed by atoms with Crippen molar-refractivity contribution in [3.8, 4) is 0 Å². The molecule has 4 heteroatoms. The molecule has 1 amide bonds. The summed E-state index contributed by atoms with van der Waals surface area (Å²) in [5.74, 6) is 0.222. The third-order valence-corrected chi connectivity index (χ3v) is 4.91. The van der Waals surface area contributed by atoms with E-state index in [1.54, 1.807) is 11.3 Å². The van der Waals surface area contributed by atoms with Gasteiger partial charge in [0.15, 0.2) is 0 Å². The number of benzene rings is 1. The van der Waals surface area contributed by atoms with Crippen LogP contribution in [0.5, 0.6) is 0 Å². The molecule has 0 aliphatic heterocycles. The number of nitrogens with one attached hydrogen (secondary N) is 1. The summed E-state index contributed by atoms with van der Waals surface area (Å²) in [4.78, 5) is 12.3. The van der Waals surface area contributed by atoms with Gasteiger partial charge in [-0.15, -0.1) is 0 Å². The number of aromatic nitrogens is 1. The lowest BCUT2D eigenvalue weighted by molar-refractivity contribution is -0.121. The van der Waals surface area contributed by atoms with Crippen molar-refractivity contribution in [1.29, 1.82) is 0 Å². The minimum Gasteiger partial charge on any atom is -0.356 e. The number of carbonyl (C=O) groups is 1. The number of rotatable bonds is 6. The Hall–Kier alpha value is -2.07. The van der Waals surface area contributed by atoms with Crippen molar-refractivity contribution in [2.45, 2.75) is 25.7 Å². The fourth-order valence-electron chi connectivity index (χ4n) is 3.05. The number of hydrogen-bond acceptors (Lipinski definition) is 2. The second-order valence-corrected chi connectivity index (χ2v) is 6.66. The molecular formula is C19H22N2OS. The van der Waals surface area contributed by atoms with Gasteiger partial charge in [-0.05, 0) is 40.4 Å². The zero-order chi connectivity index (χ0) is 16.2. The molecule has 120 valence electrons. The maximum atomic E-state index is 12.3. The van der Waals surface area contributed by atoms with Crippen molar-refractivity contribution in [1.82, 2.24) is 9.88 Å². The third kappa shape index (κ3) is 3.32. The summed E-state index contributed by atoms with van der Waals surface area (Å²) in [6.45, 7) is 2.81. The lowest BCUT2D eigenvalue weighted by atomic mass is 9.89. The van der Waals surface area contributed by atoms with E-state index >= 15 is 0 Å². The molecule has 2 aromatic heterocycles. The van der Waals surface area contributed by atoms with Gasteiger partial charge in [0, 0.05) is 43.0 Å². The minimum atomic E-state index is 0.101. The molecule has 3 rings (SSSR count). The first kappa shape index (κ1) is 15.8. The molecule has 3 aromatic rings. The SMILES string of the molecule is CCCNC(=O)CC(c1ccsc1)c1cn(C)c2ccccc12. The lowest BCUT2D eigenvalue weighted by Crippen LogP contribution is -2.25. The number of aryl methyl sites for hydroxylation is 1. The second kappa shape index (κ2) is 7.01. The van der Waals surface area contributed by atoms with Crippen molar-refractivity contribution in [3.05, 3.63) is 58.4 Å². The molecule has 1 unspecified atom stereocenters. The van der Waals surface area contributed by atoms with E-state index in [9.17, 15) is 4.79 Å². The zero-order valence-electron chi connectivity index (χ0n) is 13.6. The molecule has 0 saturated heterocycles. The average molecular weight is 326 g/mol. The van der Waals surface area contributed by atoms with Crippen LogP contribution in [0.1, 0.15) is 36.8 Å². The van der Waals surface area contributed by atoms with E-state index in [1.807, 2.05) is 0 Å². The molecule has 0 aliphatic rings. The minimum absolute atomic E-state index is 0.101. The predicted molar refractivity (Wildman–Crippen MR) is 97.0 cm³/mol. The van der Waals surface area contributed by atoms with Gasteiger partial charge in [0.1, 0.15) is 0 Å². The molecule has 0 fully saturated rings. The zero-order valence-corrected chi connectivity index (χ0v) is 14.4. The molecule has 0 aliphatic carbocycles. The van der Waals surface area contributed by atoms with E-state index in [0.29, 0.717) is 6.42 Å². The Bertz CT molecular complexity index is 789. The maximum absolute atomic E-state index is 12.3. The molecular weight excluding hydrogens is 304 g/mol. The molecule has 2 heterocycles. The van der Waals surface area contributed by atoms with Crippen LogP contribution in [0.4, 0.5) is 0 Å². The van der Waals surface area contributed by atoms with Gasteiger partial charge in [-0.3, -0.25) is 4.79 Å². The molecule has 0 radical (unpaired) electrons. The number of thiophene rings is 1. The van der Waals surface area contributed by atoms with Crippen LogP contribution in [0.15, 0.2) is 47.3 Å². The van der Waals surface area contributed by atoms with E-state index in [2.05, 4.69) is 71.1 Å². The molecule has 23 heavy (non-hydrogen) atoms. The largest absolute Gasteiger partial charge is 0.356 e. The van der Waals surface area contributed by atoms with Crippen LogP contribution in [-0.4, -0.2) is 17.0 Å². The fourth-order valence-corrected chi connectivity index (χ4v) is 3.77. The summed E-state index contributed by atoms with van der Waals surface area (Å²) in [5, 5.41) is 8.47. The number of amides is 1. The van der Waals surface area contributed by atoms with Gasteiger partial charge in [-0.25, -0.2) is 0 Å². The summed E-state index contributed by atoms with van der Waals surface area (Å²) >= 11 is 1.68. The van der Waals surface area contributed by atoms with Gasteiger partial charge in [-0.1, -0.05) is 25.1 Å². The predicted octanol–water partition coefficient (Wildman–Crippen LogP) is 4.29. The number of fused-ring (bicyclic) bond motifs is 1. The molecule has 1 N–H and O–H groups in total. The van der Waals surface area contributed by atoms with Gasteiger partial charge in [0.2, 0.25) is 5.91 Å². The first-order chi connectivity index (χ1) is 11.2. The summed E-state index contributed by atoms with van der Waals surface area (Å²) < 4.78 is 2.15. The van der Waals surface area contributed by atoms with E-state index in [0.717, 1.165) is 13.0 Å². The van der Waals surface area contributed by atoms with Crippen LogP contribution < -0.4 is 5.32 Å². The normalized spacial score (nSPS) is 12.4. The highest BCUT2D eigenvalue weighted by atomic mass is 32.1. The number of para-hydroxylation sites is 1. The van der Waals surface area contributed by atoms with Crippen LogP contribution >= 0.6 is 11.3 Å². The highest BCUT2D eigenvalue weighted by Crippen LogP contribution is 2.35. The number of hydrogen-bond donors (Lipinski definition) is 1. The highest BCUT2D eigenvalue weighted by molar-refractivity contribution is 7.08. The standard InChI is InChI=1S/C19H22N2OS/c1-3-9-20-19(22)11-16(14-8-10-23-13-14)17-12-21(2)18-7-5-4-6-15(17)18/h4-8,10,12-13,16H,3,9,11H2,1-2H3,(H,20,22). The molecule has 0 spiro atoms. The molecule has 1 atom stereocenters. The van der Waals surface area contributed by atoms with Gasteiger partial charge in [-0.2, -0.15) is 11.3 Å². The van der Waals surface area contributed by atoms with Gasteiger partial charge >= 0.3 is 0 Å². The average Bonchev–Trinajstić information content (AvgIpc) is 3.20. The van der Waals surface area contributed by atoms with Gasteiger partial charge in [0.05, 0.1) is 0 Å². The summed E-state index contributed by atoms with van der Waals surface area (Å²) in [5.41, 5.74) is 3.66. The van der Waals surface area contributed by atoms with Crippen LogP contribution in [0, 0.1) is 0 Å². The van der Waals surface area contributed by atoms with Crippen molar-refractivity contribution >= 4 is 28.1 Å². The molecule has 0 bridgehead atoms. The summed E-state index contributed by atoms with van der Waals surface area (Å²) in [6, 6.07) is 10.5. The lowest BCUT2D eigenvalue weighted by Gasteiger charge is -2.15. The van der Waals surface area contributed by atoms with Crippen molar-refractivity contribution in [2.24, 2.45) is 7.05 Å². The topological polar surface area (TPSA) is 34.0 Å². The molecule has 3 nitrogen and oxygen atoms in total. The summed E-state index contributed by atoms with van der Waals surface area (Å²) in [6.07, 6.45) is 3.62. The monoisotopic (exact) mass is 326 g/mol. The van der Waals surface area contributed by atoms with E-state index in [-0.39, 0.29) is 11.8 Å². The first-order valence-electron chi connectivity index (χ1n) is 8.03. The Labute approximate surface area is 140 Å².